The van der Waals surface area contributed by atoms with E-state index in [1.807, 2.05) is 5.32 Å². The van der Waals surface area contributed by atoms with Gasteiger partial charge >= 0.3 is 18.5 Å². The highest BCUT2D eigenvalue weighted by Crippen LogP contribution is 2.28. The van der Waals surface area contributed by atoms with Crippen LogP contribution < -0.4 is 20.4 Å². The molecule has 0 aliphatic carbocycles. The summed E-state index contributed by atoms with van der Waals surface area (Å²) in [6.07, 6.45) is -1.72. The minimum Gasteiger partial charge on any atom is -0.442 e. The van der Waals surface area contributed by atoms with Crippen molar-refractivity contribution in [2.45, 2.75) is 12.5 Å². The molecule has 1 atom stereocenters. The van der Waals surface area contributed by atoms with Crippen LogP contribution in [0.25, 0.3) is 0 Å². The van der Waals surface area contributed by atoms with Gasteiger partial charge in [-0.1, -0.05) is 0 Å². The van der Waals surface area contributed by atoms with Crippen LogP contribution in [0.15, 0.2) is 42.7 Å². The number of anilines is 3. The molecular weight excluding hydrogens is 485 g/mol. The Balaban J connectivity index is 1.35. The zero-order chi connectivity index (χ0) is 25.7. The third-order valence-corrected chi connectivity index (χ3v) is 5.50. The van der Waals surface area contributed by atoms with E-state index in [-0.39, 0.29) is 44.2 Å². The van der Waals surface area contributed by atoms with E-state index in [1.165, 1.54) is 17.2 Å². The summed E-state index contributed by atoms with van der Waals surface area (Å²) in [6, 6.07) is 6.99. The lowest BCUT2D eigenvalue weighted by Crippen LogP contribution is -2.37. The minimum atomic E-state index is -3.17. The molecule has 2 aliphatic heterocycles. The number of hydrogen-bond donors (Lipinski definition) is 2. The lowest BCUT2D eigenvalue weighted by molar-refractivity contribution is -0.132. The Bertz CT molecular complexity index is 1110. The van der Waals surface area contributed by atoms with E-state index in [2.05, 4.69) is 10.3 Å². The maximum absolute atomic E-state index is 15.0. The maximum atomic E-state index is 15.0. The molecule has 1 aromatic heterocycles. The number of aromatic nitrogens is 1. The molecule has 0 spiro atoms. The highest BCUT2D eigenvalue weighted by Gasteiger charge is 2.33. The first kappa shape index (κ1) is 25.0. The van der Waals surface area contributed by atoms with Gasteiger partial charge in [-0.3, -0.25) is 19.5 Å². The van der Waals surface area contributed by atoms with Gasteiger partial charge in [0.15, 0.2) is 0 Å². The fourth-order valence-corrected chi connectivity index (χ4v) is 3.72. The van der Waals surface area contributed by atoms with Gasteiger partial charge < -0.3 is 20.3 Å². The zero-order valence-corrected chi connectivity index (χ0v) is 18.9. The van der Waals surface area contributed by atoms with Crippen molar-refractivity contribution in [3.05, 3.63) is 48.5 Å². The zero-order valence-electron chi connectivity index (χ0n) is 18.9. The van der Waals surface area contributed by atoms with Crippen molar-refractivity contribution in [3.8, 4) is 0 Å². The predicted molar refractivity (Wildman–Crippen MR) is 121 cm³/mol. The second kappa shape index (κ2) is 11.1. The summed E-state index contributed by atoms with van der Waals surface area (Å²) in [4.78, 5) is 47.9. The monoisotopic (exact) mass is 508 g/mol. The topological polar surface area (TPSA) is 116 Å². The number of alkyl halides is 2. The van der Waals surface area contributed by atoms with Crippen LogP contribution >= 0.6 is 0 Å². The molecule has 2 N–H and O–H groups in total. The lowest BCUT2D eigenvalue weighted by Gasteiger charge is -2.24. The molecule has 36 heavy (non-hydrogen) atoms. The number of cyclic esters (lactones) is 1. The highest BCUT2D eigenvalue weighted by molar-refractivity contribution is 5.90. The van der Waals surface area contributed by atoms with Gasteiger partial charge in [0.1, 0.15) is 11.9 Å². The quantitative estimate of drug-likeness (QED) is 0.615. The van der Waals surface area contributed by atoms with Crippen LogP contribution in [0.1, 0.15) is 0 Å². The molecule has 0 radical (unpaired) electrons. The molecule has 1 aromatic carbocycles. The molecule has 2 saturated heterocycles. The Morgan fingerprint density at radius 2 is 1.92 bits per heavy atom. The summed E-state index contributed by atoms with van der Waals surface area (Å²) in [5.74, 6) is -2.07. The number of carbonyl (C=O) groups excluding carboxylic acids is 3. The first-order valence-electron chi connectivity index (χ1n) is 11.0. The minimum absolute atomic E-state index is 0.0414. The van der Waals surface area contributed by atoms with Gasteiger partial charge in [0.05, 0.1) is 37.6 Å². The molecule has 2 aromatic rings. The molecule has 0 saturated carbocycles. The molecule has 3 heterocycles. The number of benzene rings is 1. The number of halogens is 3. The molecule has 4 amide bonds. The fraction of sp³-hybridized carbons (Fsp3) is 0.364. The smallest absolute Gasteiger partial charge is 0.414 e. The number of nitrogens with zero attached hydrogens (tertiary/aromatic N) is 4. The van der Waals surface area contributed by atoms with E-state index < -0.39 is 36.4 Å². The Morgan fingerprint density at radius 1 is 1.14 bits per heavy atom. The largest absolute Gasteiger partial charge is 0.442 e. The second-order valence-corrected chi connectivity index (χ2v) is 7.89. The van der Waals surface area contributed by atoms with Crippen LogP contribution in [0.3, 0.4) is 0 Å². The number of pyridine rings is 1. The van der Waals surface area contributed by atoms with Crippen LogP contribution in [0.4, 0.5) is 39.8 Å². The number of amides is 4. The van der Waals surface area contributed by atoms with E-state index in [0.717, 1.165) is 11.0 Å². The molecule has 0 bridgehead atoms. The van der Waals surface area contributed by atoms with Crippen molar-refractivity contribution < 1.29 is 37.1 Å². The molecule has 1 unspecified atom stereocenters. The Kier molecular flexibility index (Phi) is 7.73. The Morgan fingerprint density at radius 3 is 2.64 bits per heavy atom. The first-order chi connectivity index (χ1) is 17.3. The standard InChI is InChI=1S/C22H23F3N6O5/c23-17-11-15(30-13-16(36-22(30)34)12-27-20(32)19(24)25)1-2-18(17)29-7-8-31(35-10-9-29)21(33)28-14-3-5-26-6-4-14/h1-6,11,16,19H,7-10,12-13H2,(H,27,32)(H,26,28,33). The molecular formula is C22H23F3N6O5. The van der Waals surface area contributed by atoms with Crippen LogP contribution in [0.2, 0.25) is 0 Å². The average Bonchev–Trinajstić information content (AvgIpc) is 3.07. The number of nitrogens with one attached hydrogen (secondary N) is 2. The number of carbonyl (C=O) groups is 3. The molecule has 2 fully saturated rings. The molecule has 14 heteroatoms. The SMILES string of the molecule is O=C(NCC1CN(c2ccc(N3CCON(C(=O)Nc4ccncc4)CC3)c(F)c2)C(=O)O1)C(F)F. The van der Waals surface area contributed by atoms with E-state index in [4.69, 9.17) is 9.57 Å². The molecule has 192 valence electrons. The van der Waals surface area contributed by atoms with Gasteiger partial charge in [-0.25, -0.2) is 19.0 Å². The number of hydrogen-bond acceptors (Lipinski definition) is 7. The van der Waals surface area contributed by atoms with E-state index >= 15 is 4.39 Å². The van der Waals surface area contributed by atoms with Crippen molar-refractivity contribution in [2.24, 2.45) is 0 Å². The third-order valence-electron chi connectivity index (χ3n) is 5.50. The van der Waals surface area contributed by atoms with Gasteiger partial charge in [0.2, 0.25) is 0 Å². The average molecular weight is 508 g/mol. The van der Waals surface area contributed by atoms with Crippen molar-refractivity contribution >= 4 is 35.1 Å². The van der Waals surface area contributed by atoms with Crippen molar-refractivity contribution in [3.63, 3.8) is 0 Å². The predicted octanol–water partition coefficient (Wildman–Crippen LogP) is 2.21. The summed E-state index contributed by atoms with van der Waals surface area (Å²) < 4.78 is 44.7. The van der Waals surface area contributed by atoms with Gasteiger partial charge in [0.25, 0.3) is 5.91 Å². The Hall–Kier alpha value is -4.07. The summed E-state index contributed by atoms with van der Waals surface area (Å²) in [7, 11) is 0. The third kappa shape index (κ3) is 5.94. The van der Waals surface area contributed by atoms with E-state index in [9.17, 15) is 23.2 Å². The summed E-state index contributed by atoms with van der Waals surface area (Å²) in [5.41, 5.74) is 1.03. The highest BCUT2D eigenvalue weighted by atomic mass is 19.3. The van der Waals surface area contributed by atoms with E-state index in [1.54, 1.807) is 29.4 Å². The van der Waals surface area contributed by atoms with Gasteiger partial charge in [-0.05, 0) is 30.3 Å². The first-order valence-corrected chi connectivity index (χ1v) is 11.0. The van der Waals surface area contributed by atoms with Crippen molar-refractivity contribution in [1.82, 2.24) is 15.4 Å². The van der Waals surface area contributed by atoms with Crippen molar-refractivity contribution in [2.75, 3.05) is 54.4 Å². The number of hydroxylamine groups is 2. The number of rotatable bonds is 6. The second-order valence-electron chi connectivity index (χ2n) is 7.89. The normalized spacial score (nSPS) is 18.2. The summed E-state index contributed by atoms with van der Waals surface area (Å²) in [6.45, 7) is 0.577. The van der Waals surface area contributed by atoms with Crippen molar-refractivity contribution in [1.29, 1.82) is 0 Å². The summed E-state index contributed by atoms with van der Waals surface area (Å²) >= 11 is 0. The van der Waals surface area contributed by atoms with E-state index in [0.29, 0.717) is 12.2 Å². The summed E-state index contributed by atoms with van der Waals surface area (Å²) in [5, 5.41) is 5.85. The van der Waals surface area contributed by atoms with Crippen LogP contribution in [-0.2, 0) is 14.4 Å². The number of ether oxygens (including phenoxy) is 1. The molecule has 11 nitrogen and oxygen atoms in total. The molecule has 2 aliphatic rings. The maximum Gasteiger partial charge on any atom is 0.414 e. The number of urea groups is 1. The van der Waals surface area contributed by atoms with Crippen LogP contribution in [0.5, 0.6) is 0 Å². The van der Waals surface area contributed by atoms with Gasteiger partial charge in [-0.2, -0.15) is 8.78 Å². The lowest BCUT2D eigenvalue weighted by atomic mass is 10.2. The van der Waals surface area contributed by atoms with Crippen LogP contribution in [-0.4, -0.2) is 79.9 Å². The molecule has 4 rings (SSSR count). The van der Waals surface area contributed by atoms with Crippen LogP contribution in [0, 0.1) is 5.82 Å². The van der Waals surface area contributed by atoms with Gasteiger partial charge in [-0.15, -0.1) is 0 Å². The Labute approximate surface area is 203 Å². The van der Waals surface area contributed by atoms with Gasteiger partial charge in [0, 0.05) is 31.2 Å². The fourth-order valence-electron chi connectivity index (χ4n) is 3.72.